The number of carbonyl (C=O) groups is 1. The summed E-state index contributed by atoms with van der Waals surface area (Å²) in [5, 5.41) is 10.6. The normalized spacial score (nSPS) is 12.1. The quantitative estimate of drug-likeness (QED) is 0.245. The first-order chi connectivity index (χ1) is 14.5. The monoisotopic (exact) mass is 463 g/mol. The zero-order valence-electron chi connectivity index (χ0n) is 16.6. The third-order valence-corrected chi connectivity index (χ3v) is 6.27. The van der Waals surface area contributed by atoms with Crippen molar-refractivity contribution in [2.75, 3.05) is 0 Å². The molecule has 0 aliphatic rings. The lowest BCUT2D eigenvalue weighted by Gasteiger charge is -2.09. The van der Waals surface area contributed by atoms with Gasteiger partial charge in [-0.05, 0) is 42.8 Å². The van der Waals surface area contributed by atoms with Gasteiger partial charge in [0.1, 0.15) is 10.9 Å². The predicted molar refractivity (Wildman–Crippen MR) is 123 cm³/mol. The highest BCUT2D eigenvalue weighted by molar-refractivity contribution is 8.00. The summed E-state index contributed by atoms with van der Waals surface area (Å²) in [6.07, 6.45) is 4.69. The van der Waals surface area contributed by atoms with Crippen LogP contribution in [0.4, 0.5) is 0 Å². The minimum absolute atomic E-state index is 0.341. The summed E-state index contributed by atoms with van der Waals surface area (Å²) >= 11 is 13.2. The summed E-state index contributed by atoms with van der Waals surface area (Å²) < 4.78 is 6.05. The minimum atomic E-state index is -0.851. The first-order valence-electron chi connectivity index (χ1n) is 9.90. The number of thioether (sulfide) groups is 1. The molecule has 0 aliphatic carbocycles. The highest BCUT2D eigenvalue weighted by atomic mass is 35.5. The van der Waals surface area contributed by atoms with Crippen LogP contribution in [0.2, 0.25) is 10.0 Å². The first kappa shape index (κ1) is 22.7. The van der Waals surface area contributed by atoms with Gasteiger partial charge < -0.3 is 9.52 Å². The second kappa shape index (κ2) is 10.9. The molecule has 3 rings (SSSR count). The van der Waals surface area contributed by atoms with Crippen molar-refractivity contribution in [2.45, 2.75) is 49.5 Å². The Morgan fingerprint density at radius 2 is 1.60 bits per heavy atom. The van der Waals surface area contributed by atoms with E-state index in [9.17, 15) is 9.90 Å². The number of hydrogen-bond acceptors (Lipinski definition) is 4. The van der Waals surface area contributed by atoms with Crippen molar-refractivity contribution in [1.29, 1.82) is 0 Å². The molecule has 0 spiro atoms. The molecule has 1 heterocycles. The number of carboxylic acid groups (broad SMARTS) is 1. The average Bonchev–Trinajstić information content (AvgIpc) is 3.15. The fourth-order valence-electron chi connectivity index (χ4n) is 3.06. The summed E-state index contributed by atoms with van der Waals surface area (Å²) in [4.78, 5) is 16.4. The van der Waals surface area contributed by atoms with Gasteiger partial charge in [-0.2, -0.15) is 0 Å². The van der Waals surface area contributed by atoms with Crippen LogP contribution in [-0.4, -0.2) is 21.3 Å². The van der Waals surface area contributed by atoms with Crippen molar-refractivity contribution in [3.05, 3.63) is 58.6 Å². The molecule has 0 radical (unpaired) electrons. The number of hydrogen-bond donors (Lipinski definition) is 1. The Hall–Kier alpha value is -1.95. The largest absolute Gasteiger partial charge is 0.480 e. The first-order valence-corrected chi connectivity index (χ1v) is 11.5. The lowest BCUT2D eigenvalue weighted by molar-refractivity contribution is -0.136. The van der Waals surface area contributed by atoms with E-state index in [-0.39, 0.29) is 0 Å². The van der Waals surface area contributed by atoms with Gasteiger partial charge in [-0.25, -0.2) is 4.98 Å². The number of aromatic nitrogens is 1. The summed E-state index contributed by atoms with van der Waals surface area (Å²) in [5.74, 6) is -0.276. The zero-order valence-corrected chi connectivity index (χ0v) is 18.9. The third-order valence-electron chi connectivity index (χ3n) is 4.67. The van der Waals surface area contributed by atoms with Crippen LogP contribution in [-0.2, 0) is 4.79 Å². The Labute approximate surface area is 190 Å². The van der Waals surface area contributed by atoms with Crippen LogP contribution in [0.25, 0.3) is 22.6 Å². The number of carboxylic acids is 1. The highest BCUT2D eigenvalue weighted by Gasteiger charge is 2.24. The smallest absolute Gasteiger partial charge is 0.317 e. The van der Waals surface area contributed by atoms with Crippen LogP contribution in [0, 0.1) is 0 Å². The summed E-state index contributed by atoms with van der Waals surface area (Å²) in [6, 6.07) is 14.6. The number of rotatable bonds is 10. The van der Waals surface area contributed by atoms with Gasteiger partial charge in [0.25, 0.3) is 5.22 Å². The molecule has 0 saturated heterocycles. The third kappa shape index (κ3) is 6.03. The molecule has 0 aliphatic heterocycles. The number of aliphatic carboxylic acids is 1. The van der Waals surface area contributed by atoms with E-state index in [1.807, 2.05) is 24.3 Å². The molecule has 0 bridgehead atoms. The van der Waals surface area contributed by atoms with Gasteiger partial charge >= 0.3 is 5.97 Å². The summed E-state index contributed by atoms with van der Waals surface area (Å²) in [7, 11) is 0. The molecule has 30 heavy (non-hydrogen) atoms. The molecule has 1 aromatic heterocycles. The van der Waals surface area contributed by atoms with E-state index in [1.165, 1.54) is 0 Å². The van der Waals surface area contributed by atoms with Gasteiger partial charge in [0.05, 0.1) is 0 Å². The topological polar surface area (TPSA) is 63.3 Å². The van der Waals surface area contributed by atoms with Gasteiger partial charge in [0.15, 0.2) is 5.76 Å². The zero-order chi connectivity index (χ0) is 21.5. The lowest BCUT2D eigenvalue weighted by atomic mass is 10.1. The average molecular weight is 464 g/mol. The molecule has 0 saturated carbocycles. The lowest BCUT2D eigenvalue weighted by Crippen LogP contribution is -2.16. The van der Waals surface area contributed by atoms with Gasteiger partial charge in [-0.3, -0.25) is 4.79 Å². The minimum Gasteiger partial charge on any atom is -0.480 e. The fraction of sp³-hybridized carbons (Fsp3) is 0.304. The van der Waals surface area contributed by atoms with Crippen LogP contribution in [0.3, 0.4) is 0 Å². The molecule has 7 heteroatoms. The van der Waals surface area contributed by atoms with Crippen molar-refractivity contribution >= 4 is 40.9 Å². The number of nitrogens with zero attached hydrogens (tertiary/aromatic N) is 1. The maximum absolute atomic E-state index is 11.8. The number of unbranched alkanes of at least 4 members (excludes halogenated alkanes) is 3. The number of benzene rings is 2. The van der Waals surface area contributed by atoms with E-state index in [4.69, 9.17) is 27.6 Å². The van der Waals surface area contributed by atoms with E-state index in [0.29, 0.717) is 33.1 Å². The fourth-order valence-corrected chi connectivity index (χ4v) is 4.22. The van der Waals surface area contributed by atoms with E-state index < -0.39 is 11.2 Å². The molecule has 158 valence electrons. The Bertz CT molecular complexity index is 908. The van der Waals surface area contributed by atoms with Crippen LogP contribution in [0.15, 0.2) is 58.2 Å². The van der Waals surface area contributed by atoms with Crippen molar-refractivity contribution in [3.63, 3.8) is 0 Å². The molecule has 1 atom stereocenters. The molecule has 1 unspecified atom stereocenters. The SMILES string of the molecule is CCCCCCC(Sc1nc(-c2ccc(Cl)cc2)c(-c2ccc(Cl)cc2)o1)C(=O)O. The Morgan fingerprint density at radius 1 is 1.00 bits per heavy atom. The summed E-state index contributed by atoms with van der Waals surface area (Å²) in [5.41, 5.74) is 2.31. The van der Waals surface area contributed by atoms with Gasteiger partial charge in [-0.1, -0.05) is 79.7 Å². The molecular weight excluding hydrogens is 441 g/mol. The molecule has 4 nitrogen and oxygen atoms in total. The van der Waals surface area contributed by atoms with Crippen molar-refractivity contribution in [2.24, 2.45) is 0 Å². The molecule has 1 N–H and O–H groups in total. The molecular formula is C23H23Cl2NO3S. The van der Waals surface area contributed by atoms with E-state index in [1.54, 1.807) is 24.3 Å². The predicted octanol–water partition coefficient (Wildman–Crippen LogP) is 7.83. The number of oxazole rings is 1. The van der Waals surface area contributed by atoms with Crippen LogP contribution >= 0.6 is 35.0 Å². The standard InChI is InChI=1S/C23H23Cl2NO3S/c1-2-3-4-5-6-19(22(27)28)30-23-26-20(15-7-11-17(24)12-8-15)21(29-23)16-9-13-18(25)14-10-16/h7-14,19H,2-6H2,1H3,(H,27,28). The van der Waals surface area contributed by atoms with Gasteiger partial charge in [0, 0.05) is 21.2 Å². The molecule has 3 aromatic rings. The van der Waals surface area contributed by atoms with E-state index in [2.05, 4.69) is 11.9 Å². The Balaban J connectivity index is 1.91. The molecule has 0 fully saturated rings. The summed E-state index contributed by atoms with van der Waals surface area (Å²) in [6.45, 7) is 2.13. The van der Waals surface area contributed by atoms with Crippen molar-refractivity contribution in [1.82, 2.24) is 4.98 Å². The molecule has 0 amide bonds. The van der Waals surface area contributed by atoms with Crippen LogP contribution in [0.1, 0.15) is 39.0 Å². The van der Waals surface area contributed by atoms with E-state index in [0.717, 1.165) is 48.6 Å². The second-order valence-corrected chi connectivity index (χ2v) is 8.99. The van der Waals surface area contributed by atoms with Gasteiger partial charge in [-0.15, -0.1) is 0 Å². The molecule has 2 aromatic carbocycles. The van der Waals surface area contributed by atoms with E-state index >= 15 is 0 Å². The Kier molecular flexibility index (Phi) is 8.25. The van der Waals surface area contributed by atoms with Crippen LogP contribution in [0.5, 0.6) is 0 Å². The van der Waals surface area contributed by atoms with Crippen molar-refractivity contribution < 1.29 is 14.3 Å². The van der Waals surface area contributed by atoms with Crippen molar-refractivity contribution in [3.8, 4) is 22.6 Å². The second-order valence-electron chi connectivity index (χ2n) is 6.97. The Morgan fingerprint density at radius 3 is 2.17 bits per heavy atom. The maximum atomic E-state index is 11.8. The number of halogens is 2. The van der Waals surface area contributed by atoms with Gasteiger partial charge in [0.2, 0.25) is 0 Å². The van der Waals surface area contributed by atoms with Crippen LogP contribution < -0.4 is 0 Å². The highest BCUT2D eigenvalue weighted by Crippen LogP contribution is 2.38. The maximum Gasteiger partial charge on any atom is 0.317 e.